The van der Waals surface area contributed by atoms with E-state index in [0.29, 0.717) is 28.3 Å². The van der Waals surface area contributed by atoms with Gasteiger partial charge in [0.05, 0.1) is 0 Å². The quantitative estimate of drug-likeness (QED) is 0.370. The molecule has 3 aromatic carbocycles. The van der Waals surface area contributed by atoms with Crippen LogP contribution >= 0.6 is 0 Å². The number of hydrogen-bond donors (Lipinski definition) is 1. The number of ether oxygens (including phenoxy) is 1. The van der Waals surface area contributed by atoms with Gasteiger partial charge < -0.3 is 10.1 Å². The van der Waals surface area contributed by atoms with Crippen molar-refractivity contribution in [1.29, 1.82) is 0 Å². The first kappa shape index (κ1) is 23.5. The standard InChI is InChI=1S/C30H29N3O3/c1-33-28(34)20-26(21-16-18-22(19-17-21)30(35)31-23-10-4-2-5-11-23)29(32-33)25-14-8-9-15-27(25)36-24-12-6-3-7-13-24/h3,6-9,12-20,23H,2,4-5,10-11H2,1H3,(H,31,35). The largest absolute Gasteiger partial charge is 0.457 e. The summed E-state index contributed by atoms with van der Waals surface area (Å²) in [5.74, 6) is 1.29. The van der Waals surface area contributed by atoms with Gasteiger partial charge in [-0.05, 0) is 54.8 Å². The fraction of sp³-hybridized carbons (Fsp3) is 0.233. The van der Waals surface area contributed by atoms with Crippen LogP contribution in [0.2, 0.25) is 0 Å². The Balaban J connectivity index is 1.48. The van der Waals surface area contributed by atoms with Crippen LogP contribution in [0.15, 0.2) is 89.7 Å². The number of carbonyl (C=O) groups excluding carboxylic acids is 1. The number of aryl methyl sites for hydroxylation is 1. The van der Waals surface area contributed by atoms with Gasteiger partial charge in [0.2, 0.25) is 0 Å². The molecule has 1 aliphatic rings. The molecule has 0 atom stereocenters. The third-order valence-electron chi connectivity index (χ3n) is 6.60. The highest BCUT2D eigenvalue weighted by Gasteiger charge is 2.19. The van der Waals surface area contributed by atoms with Crippen molar-refractivity contribution < 1.29 is 9.53 Å². The van der Waals surface area contributed by atoms with Gasteiger partial charge in [-0.1, -0.05) is 61.7 Å². The molecule has 0 aliphatic heterocycles. The molecule has 0 bridgehead atoms. The van der Waals surface area contributed by atoms with E-state index in [1.54, 1.807) is 25.2 Å². The van der Waals surface area contributed by atoms with Gasteiger partial charge in [0.15, 0.2) is 0 Å². The van der Waals surface area contributed by atoms with E-state index in [1.165, 1.54) is 11.1 Å². The summed E-state index contributed by atoms with van der Waals surface area (Å²) in [6.45, 7) is 0. The Labute approximate surface area is 210 Å². The molecule has 1 heterocycles. The van der Waals surface area contributed by atoms with Crippen LogP contribution in [0.1, 0.15) is 42.5 Å². The summed E-state index contributed by atoms with van der Waals surface area (Å²) < 4.78 is 7.49. The van der Waals surface area contributed by atoms with Crippen LogP contribution in [0.25, 0.3) is 22.4 Å². The fourth-order valence-corrected chi connectivity index (χ4v) is 4.64. The Morgan fingerprint density at radius 1 is 0.889 bits per heavy atom. The van der Waals surface area contributed by atoms with E-state index in [1.807, 2.05) is 66.7 Å². The Kier molecular flexibility index (Phi) is 6.94. The number of nitrogens with zero attached hydrogens (tertiary/aromatic N) is 2. The molecule has 36 heavy (non-hydrogen) atoms. The molecule has 6 heteroatoms. The molecule has 6 nitrogen and oxygen atoms in total. The predicted octanol–water partition coefficient (Wildman–Crippen LogP) is 5.97. The molecule has 1 aromatic heterocycles. The second kappa shape index (κ2) is 10.6. The molecule has 1 amide bonds. The number of benzene rings is 3. The summed E-state index contributed by atoms with van der Waals surface area (Å²) in [5, 5.41) is 7.76. The van der Waals surface area contributed by atoms with Crippen molar-refractivity contribution in [2.75, 3.05) is 0 Å². The zero-order valence-electron chi connectivity index (χ0n) is 20.3. The van der Waals surface area contributed by atoms with Gasteiger partial charge in [0.1, 0.15) is 17.2 Å². The molecular weight excluding hydrogens is 450 g/mol. The topological polar surface area (TPSA) is 73.2 Å². The highest BCUT2D eigenvalue weighted by atomic mass is 16.5. The first-order valence-electron chi connectivity index (χ1n) is 12.4. The Hall–Kier alpha value is -4.19. The molecule has 182 valence electrons. The van der Waals surface area contributed by atoms with Crippen LogP contribution < -0.4 is 15.6 Å². The number of aromatic nitrogens is 2. The SMILES string of the molecule is Cn1nc(-c2ccccc2Oc2ccccc2)c(-c2ccc(C(=O)NC3CCCCC3)cc2)cc1=O. The molecular formula is C30H29N3O3. The maximum atomic E-state index is 12.8. The van der Waals surface area contributed by atoms with E-state index in [4.69, 9.17) is 4.74 Å². The molecule has 1 saturated carbocycles. The van der Waals surface area contributed by atoms with Crippen LogP contribution in [0.3, 0.4) is 0 Å². The first-order valence-corrected chi connectivity index (χ1v) is 12.4. The average molecular weight is 480 g/mol. The van der Waals surface area contributed by atoms with Gasteiger partial charge in [-0.25, -0.2) is 4.68 Å². The monoisotopic (exact) mass is 479 g/mol. The number of amides is 1. The summed E-state index contributed by atoms with van der Waals surface area (Å²) in [5.41, 5.74) is 3.28. The van der Waals surface area contributed by atoms with E-state index >= 15 is 0 Å². The van der Waals surface area contributed by atoms with Gasteiger partial charge in [0, 0.05) is 35.8 Å². The van der Waals surface area contributed by atoms with Crippen LogP contribution in [-0.2, 0) is 7.05 Å². The van der Waals surface area contributed by atoms with Crippen molar-refractivity contribution >= 4 is 5.91 Å². The average Bonchev–Trinajstić information content (AvgIpc) is 2.92. The van der Waals surface area contributed by atoms with Crippen molar-refractivity contribution in [3.05, 3.63) is 101 Å². The smallest absolute Gasteiger partial charge is 0.267 e. The minimum absolute atomic E-state index is 0.0580. The molecule has 0 unspecified atom stereocenters. The third-order valence-corrected chi connectivity index (χ3v) is 6.60. The second-order valence-corrected chi connectivity index (χ2v) is 9.17. The van der Waals surface area contributed by atoms with Crippen LogP contribution in [0, 0.1) is 0 Å². The first-order chi connectivity index (χ1) is 17.6. The van der Waals surface area contributed by atoms with E-state index in [9.17, 15) is 9.59 Å². The summed E-state index contributed by atoms with van der Waals surface area (Å²) in [6, 6.07) is 26.4. The molecule has 0 spiro atoms. The van der Waals surface area contributed by atoms with E-state index in [-0.39, 0.29) is 17.5 Å². The zero-order valence-corrected chi connectivity index (χ0v) is 20.3. The number of carbonyl (C=O) groups is 1. The van der Waals surface area contributed by atoms with Crippen molar-refractivity contribution in [2.24, 2.45) is 7.05 Å². The van der Waals surface area contributed by atoms with Crippen LogP contribution in [0.5, 0.6) is 11.5 Å². The second-order valence-electron chi connectivity index (χ2n) is 9.17. The Morgan fingerprint density at radius 3 is 2.33 bits per heavy atom. The summed E-state index contributed by atoms with van der Waals surface area (Å²) in [7, 11) is 1.63. The number of rotatable bonds is 6. The van der Waals surface area contributed by atoms with E-state index < -0.39 is 0 Å². The van der Waals surface area contributed by atoms with Crippen LogP contribution in [0.4, 0.5) is 0 Å². The number of para-hydroxylation sites is 2. The summed E-state index contributed by atoms with van der Waals surface area (Å²) in [6.07, 6.45) is 5.65. The van der Waals surface area contributed by atoms with E-state index in [0.717, 1.165) is 36.8 Å². The molecule has 1 aliphatic carbocycles. The fourth-order valence-electron chi connectivity index (χ4n) is 4.64. The zero-order chi connectivity index (χ0) is 24.9. The highest BCUT2D eigenvalue weighted by molar-refractivity contribution is 5.95. The van der Waals surface area contributed by atoms with Gasteiger partial charge in [0.25, 0.3) is 11.5 Å². The lowest BCUT2D eigenvalue weighted by Gasteiger charge is -2.22. The molecule has 4 aromatic rings. The maximum absolute atomic E-state index is 12.8. The minimum Gasteiger partial charge on any atom is -0.457 e. The predicted molar refractivity (Wildman–Crippen MR) is 141 cm³/mol. The lowest BCUT2D eigenvalue weighted by Crippen LogP contribution is -2.36. The molecule has 0 radical (unpaired) electrons. The number of nitrogens with one attached hydrogen (secondary N) is 1. The molecule has 0 saturated heterocycles. The highest BCUT2D eigenvalue weighted by Crippen LogP contribution is 2.37. The summed E-state index contributed by atoms with van der Waals surface area (Å²) in [4.78, 5) is 25.3. The van der Waals surface area contributed by atoms with Crippen LogP contribution in [-0.4, -0.2) is 21.7 Å². The Morgan fingerprint density at radius 2 is 1.58 bits per heavy atom. The van der Waals surface area contributed by atoms with Gasteiger partial charge >= 0.3 is 0 Å². The van der Waals surface area contributed by atoms with Gasteiger partial charge in [-0.3, -0.25) is 9.59 Å². The van der Waals surface area contributed by atoms with Crippen molar-refractivity contribution in [3.8, 4) is 33.9 Å². The third kappa shape index (κ3) is 5.23. The van der Waals surface area contributed by atoms with Crippen molar-refractivity contribution in [3.63, 3.8) is 0 Å². The molecule has 1 N–H and O–H groups in total. The Bertz CT molecular complexity index is 1410. The molecule has 5 rings (SSSR count). The van der Waals surface area contributed by atoms with E-state index in [2.05, 4.69) is 10.4 Å². The number of hydrogen-bond acceptors (Lipinski definition) is 4. The minimum atomic E-state index is -0.214. The summed E-state index contributed by atoms with van der Waals surface area (Å²) >= 11 is 0. The lowest BCUT2D eigenvalue weighted by molar-refractivity contribution is 0.0927. The van der Waals surface area contributed by atoms with Gasteiger partial charge in [-0.2, -0.15) is 5.10 Å². The normalized spacial score (nSPS) is 13.8. The molecule has 1 fully saturated rings. The maximum Gasteiger partial charge on any atom is 0.267 e. The van der Waals surface area contributed by atoms with Gasteiger partial charge in [-0.15, -0.1) is 0 Å². The lowest BCUT2D eigenvalue weighted by atomic mass is 9.95. The van der Waals surface area contributed by atoms with Crippen molar-refractivity contribution in [1.82, 2.24) is 15.1 Å². The van der Waals surface area contributed by atoms with Crippen molar-refractivity contribution in [2.45, 2.75) is 38.1 Å².